The van der Waals surface area contributed by atoms with Crippen molar-refractivity contribution in [2.24, 2.45) is 0 Å². The molecule has 34 heavy (non-hydrogen) atoms. The fourth-order valence-corrected chi connectivity index (χ4v) is 5.13. The number of likely N-dealkylation sites (tertiary alicyclic amines) is 1. The van der Waals surface area contributed by atoms with E-state index in [0.717, 1.165) is 69.0 Å². The summed E-state index contributed by atoms with van der Waals surface area (Å²) in [5.74, 6) is 1.61. The Balaban J connectivity index is 1.69. The molecule has 0 radical (unpaired) electrons. The van der Waals surface area contributed by atoms with Crippen molar-refractivity contribution < 1.29 is 18.0 Å². The summed E-state index contributed by atoms with van der Waals surface area (Å²) >= 11 is 0. The lowest BCUT2D eigenvalue weighted by Crippen LogP contribution is -2.24. The van der Waals surface area contributed by atoms with Crippen molar-refractivity contribution >= 4 is 21.9 Å². The van der Waals surface area contributed by atoms with Gasteiger partial charge in [0.2, 0.25) is 0 Å². The van der Waals surface area contributed by atoms with Gasteiger partial charge in [0.1, 0.15) is 17.1 Å². The molecule has 0 saturated carbocycles. The van der Waals surface area contributed by atoms with Gasteiger partial charge in [0, 0.05) is 10.9 Å². The van der Waals surface area contributed by atoms with Gasteiger partial charge in [0.25, 0.3) is 0 Å². The average Bonchev–Trinajstić information content (AvgIpc) is 3.51. The lowest BCUT2D eigenvalue weighted by molar-refractivity contribution is -0.135. The molecular weight excluding hydrogens is 440 g/mol. The first kappa shape index (κ1) is 22.9. The van der Waals surface area contributed by atoms with E-state index in [2.05, 4.69) is 33.7 Å². The third kappa shape index (κ3) is 4.07. The molecule has 1 saturated heterocycles. The van der Waals surface area contributed by atoms with Crippen LogP contribution in [-0.2, 0) is 11.3 Å². The van der Waals surface area contributed by atoms with Crippen LogP contribution in [0.15, 0.2) is 22.9 Å². The minimum absolute atomic E-state index is 0.101. The zero-order valence-electron chi connectivity index (χ0n) is 19.9. The van der Waals surface area contributed by atoms with Gasteiger partial charge in [0.15, 0.2) is 0 Å². The van der Waals surface area contributed by atoms with E-state index in [1.165, 1.54) is 12.8 Å². The van der Waals surface area contributed by atoms with Crippen LogP contribution in [0, 0.1) is 20.8 Å². The van der Waals surface area contributed by atoms with Gasteiger partial charge >= 0.3 is 6.61 Å². The van der Waals surface area contributed by atoms with Crippen LogP contribution in [0.3, 0.4) is 0 Å². The molecule has 0 amide bonds. The molecule has 1 aliphatic heterocycles. The van der Waals surface area contributed by atoms with Gasteiger partial charge in [0.05, 0.1) is 42.1 Å². The Morgan fingerprint density at radius 3 is 2.56 bits per heavy atom. The predicted molar refractivity (Wildman–Crippen MR) is 126 cm³/mol. The highest BCUT2D eigenvalue weighted by Crippen LogP contribution is 2.36. The van der Waals surface area contributed by atoms with Crippen molar-refractivity contribution in [2.75, 3.05) is 19.7 Å². The molecule has 0 aliphatic carbocycles. The molecule has 0 bridgehead atoms. The van der Waals surface area contributed by atoms with Gasteiger partial charge in [-0.1, -0.05) is 5.16 Å². The molecular formula is C25H29F2N5O2. The van der Waals surface area contributed by atoms with E-state index >= 15 is 0 Å². The Kier molecular flexibility index (Phi) is 6.07. The molecule has 1 aliphatic rings. The van der Waals surface area contributed by atoms with E-state index in [9.17, 15) is 8.78 Å². The van der Waals surface area contributed by atoms with Crippen molar-refractivity contribution in [1.82, 2.24) is 24.6 Å². The smallest absolute Gasteiger partial charge is 0.345 e. The molecule has 0 unspecified atom stereocenters. The molecule has 0 spiro atoms. The highest BCUT2D eigenvalue weighted by Gasteiger charge is 2.24. The standard InChI is InChI=1S/C25H29F2N5O2/c1-14-9-19-20(10-18(14)23-16(3)30-34-17(23)4)28-11-21-24(19)32(15(2)13-33-25(26)27)22(29-21)12-31-7-5-6-8-31/h9-11,15,25H,5-8,12-13H2,1-4H3/t15-/m1/s1. The first-order valence-electron chi connectivity index (χ1n) is 11.7. The monoisotopic (exact) mass is 469 g/mol. The topological polar surface area (TPSA) is 69.2 Å². The summed E-state index contributed by atoms with van der Waals surface area (Å²) in [5.41, 5.74) is 6.35. The molecule has 9 heteroatoms. The van der Waals surface area contributed by atoms with Crippen LogP contribution >= 0.6 is 0 Å². The highest BCUT2D eigenvalue weighted by molar-refractivity contribution is 6.04. The number of fused-ring (bicyclic) bond motifs is 3. The molecule has 1 fully saturated rings. The summed E-state index contributed by atoms with van der Waals surface area (Å²) in [5, 5.41) is 5.04. The maximum Gasteiger partial charge on any atom is 0.345 e. The van der Waals surface area contributed by atoms with E-state index in [-0.39, 0.29) is 12.6 Å². The van der Waals surface area contributed by atoms with Gasteiger partial charge in [-0.25, -0.2) is 4.98 Å². The van der Waals surface area contributed by atoms with Gasteiger partial charge in [-0.2, -0.15) is 8.78 Å². The third-order valence-electron chi connectivity index (χ3n) is 6.71. The zero-order chi connectivity index (χ0) is 24.0. The number of halogens is 2. The SMILES string of the molecule is Cc1cc2c(cc1-c1c(C)noc1C)ncc1nc(CN3CCCC3)n([C@H](C)COC(F)F)c12. The Morgan fingerprint density at radius 2 is 1.88 bits per heavy atom. The predicted octanol–water partition coefficient (Wildman–Crippen LogP) is 5.56. The summed E-state index contributed by atoms with van der Waals surface area (Å²) in [6, 6.07) is 3.84. The first-order valence-corrected chi connectivity index (χ1v) is 11.7. The summed E-state index contributed by atoms with van der Waals surface area (Å²) < 4.78 is 37.9. The molecule has 4 aromatic rings. The number of aryl methyl sites for hydroxylation is 3. The molecule has 5 rings (SSSR count). The molecule has 1 aromatic carbocycles. The second-order valence-corrected chi connectivity index (χ2v) is 9.20. The number of hydrogen-bond acceptors (Lipinski definition) is 6. The van der Waals surface area contributed by atoms with Crippen molar-refractivity contribution in [3.8, 4) is 11.1 Å². The Labute approximate surface area is 196 Å². The normalized spacial score (nSPS) is 15.9. The summed E-state index contributed by atoms with van der Waals surface area (Å²) in [6.45, 7) is 7.58. The quantitative estimate of drug-likeness (QED) is 0.353. The maximum absolute atomic E-state index is 12.9. The first-order chi connectivity index (χ1) is 16.3. The lowest BCUT2D eigenvalue weighted by Gasteiger charge is -2.21. The number of nitrogens with zero attached hydrogens (tertiary/aromatic N) is 5. The highest BCUT2D eigenvalue weighted by atomic mass is 19.3. The fraction of sp³-hybridized carbons (Fsp3) is 0.480. The number of hydrogen-bond donors (Lipinski definition) is 0. The molecule has 3 aromatic heterocycles. The number of pyridine rings is 1. The molecule has 1 atom stereocenters. The minimum Gasteiger partial charge on any atom is -0.361 e. The number of rotatable bonds is 7. The molecule has 0 N–H and O–H groups in total. The van der Waals surface area contributed by atoms with Gasteiger partial charge in [-0.05, 0) is 76.9 Å². The van der Waals surface area contributed by atoms with Crippen molar-refractivity contribution in [2.45, 2.75) is 59.7 Å². The van der Waals surface area contributed by atoms with E-state index in [1.807, 2.05) is 20.8 Å². The Bertz CT molecular complexity index is 1320. The third-order valence-corrected chi connectivity index (χ3v) is 6.71. The van der Waals surface area contributed by atoms with Crippen LogP contribution in [0.4, 0.5) is 8.78 Å². The average molecular weight is 470 g/mol. The summed E-state index contributed by atoms with van der Waals surface area (Å²) in [4.78, 5) is 12.0. The summed E-state index contributed by atoms with van der Waals surface area (Å²) in [7, 11) is 0. The van der Waals surface area contributed by atoms with Crippen LogP contribution in [0.2, 0.25) is 0 Å². The Morgan fingerprint density at radius 1 is 1.12 bits per heavy atom. The van der Waals surface area contributed by atoms with Gasteiger partial charge < -0.3 is 13.8 Å². The van der Waals surface area contributed by atoms with E-state index in [0.29, 0.717) is 6.54 Å². The molecule has 180 valence electrons. The number of aromatic nitrogens is 4. The van der Waals surface area contributed by atoms with Crippen molar-refractivity contribution in [3.05, 3.63) is 41.2 Å². The fourth-order valence-electron chi connectivity index (χ4n) is 5.13. The number of benzene rings is 1. The van der Waals surface area contributed by atoms with E-state index in [4.69, 9.17) is 19.2 Å². The maximum atomic E-state index is 12.9. The van der Waals surface area contributed by atoms with Crippen LogP contribution < -0.4 is 0 Å². The van der Waals surface area contributed by atoms with E-state index < -0.39 is 6.61 Å². The largest absolute Gasteiger partial charge is 0.361 e. The van der Waals surface area contributed by atoms with Gasteiger partial charge in [-0.3, -0.25) is 9.88 Å². The van der Waals surface area contributed by atoms with Crippen molar-refractivity contribution in [3.63, 3.8) is 0 Å². The number of imidazole rings is 1. The van der Waals surface area contributed by atoms with Crippen LogP contribution in [-0.4, -0.2) is 50.9 Å². The lowest BCUT2D eigenvalue weighted by atomic mass is 9.96. The number of ether oxygens (including phenoxy) is 1. The molecule has 7 nitrogen and oxygen atoms in total. The second kappa shape index (κ2) is 9.03. The van der Waals surface area contributed by atoms with Crippen LogP contribution in [0.5, 0.6) is 0 Å². The summed E-state index contributed by atoms with van der Waals surface area (Å²) in [6.07, 6.45) is 4.10. The van der Waals surface area contributed by atoms with Gasteiger partial charge in [-0.15, -0.1) is 0 Å². The Hall–Kier alpha value is -2.91. The molecule has 4 heterocycles. The van der Waals surface area contributed by atoms with Crippen molar-refractivity contribution in [1.29, 1.82) is 0 Å². The van der Waals surface area contributed by atoms with E-state index in [1.54, 1.807) is 6.20 Å². The number of alkyl halides is 2. The minimum atomic E-state index is -2.81. The van der Waals surface area contributed by atoms with Crippen LogP contribution in [0.1, 0.15) is 48.6 Å². The van der Waals surface area contributed by atoms with Crippen LogP contribution in [0.25, 0.3) is 33.1 Å². The second-order valence-electron chi connectivity index (χ2n) is 9.20. The zero-order valence-corrected chi connectivity index (χ0v) is 19.9.